The Kier molecular flexibility index (Phi) is 4.09. The lowest BCUT2D eigenvalue weighted by Crippen LogP contribution is -2.60. The maximum atomic E-state index is 12.9. The van der Waals surface area contributed by atoms with E-state index in [9.17, 15) is 14.7 Å². The highest BCUT2D eigenvalue weighted by molar-refractivity contribution is 5.88. The summed E-state index contributed by atoms with van der Waals surface area (Å²) in [5.41, 5.74) is 4.98. The van der Waals surface area contributed by atoms with Crippen LogP contribution in [0.3, 0.4) is 0 Å². The Hall–Kier alpha value is -1.10. The molecule has 5 heteroatoms. The first-order chi connectivity index (χ1) is 9.34. The van der Waals surface area contributed by atoms with Gasteiger partial charge in [0, 0.05) is 13.1 Å². The Morgan fingerprint density at radius 3 is 2.30 bits per heavy atom. The van der Waals surface area contributed by atoms with Crippen LogP contribution in [0, 0.1) is 10.8 Å². The molecule has 0 spiro atoms. The van der Waals surface area contributed by atoms with Crippen molar-refractivity contribution in [2.75, 3.05) is 13.1 Å². The van der Waals surface area contributed by atoms with Gasteiger partial charge in [0.25, 0.3) is 0 Å². The molecular formula is C15H26N2O3. The normalized spacial score (nSPS) is 28.4. The number of carbonyl (C=O) groups excluding carboxylic acids is 1. The first-order valence-corrected chi connectivity index (χ1v) is 7.58. The molecule has 20 heavy (non-hydrogen) atoms. The predicted octanol–water partition coefficient (Wildman–Crippen LogP) is 1.61. The summed E-state index contributed by atoms with van der Waals surface area (Å²) in [6, 6.07) is -0.729. The number of carboxylic acids is 1. The highest BCUT2D eigenvalue weighted by atomic mass is 16.4. The van der Waals surface area contributed by atoms with E-state index in [2.05, 4.69) is 0 Å². The fourth-order valence-electron chi connectivity index (χ4n) is 3.94. The second-order valence-corrected chi connectivity index (χ2v) is 7.02. The number of piperidine rings is 1. The first kappa shape index (κ1) is 15.3. The number of likely N-dealkylation sites (tertiary alicyclic amines) is 1. The maximum absolute atomic E-state index is 12.9. The number of hydrogen-bond acceptors (Lipinski definition) is 3. The molecule has 1 saturated heterocycles. The van der Waals surface area contributed by atoms with Gasteiger partial charge < -0.3 is 15.7 Å². The van der Waals surface area contributed by atoms with E-state index in [1.807, 2.05) is 13.8 Å². The minimum atomic E-state index is -0.895. The van der Waals surface area contributed by atoms with Gasteiger partial charge in [-0.05, 0) is 31.1 Å². The Morgan fingerprint density at radius 1 is 1.20 bits per heavy atom. The van der Waals surface area contributed by atoms with Crippen molar-refractivity contribution in [2.45, 2.75) is 58.4 Å². The highest BCUT2D eigenvalue weighted by Gasteiger charge is 2.50. The van der Waals surface area contributed by atoms with Gasteiger partial charge in [-0.3, -0.25) is 4.79 Å². The van der Waals surface area contributed by atoms with Gasteiger partial charge in [0.05, 0.1) is 5.41 Å². The molecule has 1 unspecified atom stereocenters. The molecular weight excluding hydrogens is 256 g/mol. The molecule has 1 saturated carbocycles. The van der Waals surface area contributed by atoms with Crippen LogP contribution in [0.25, 0.3) is 0 Å². The minimum absolute atomic E-state index is 0.0299. The number of hydrogen-bond donors (Lipinski definition) is 2. The van der Waals surface area contributed by atoms with E-state index >= 15 is 0 Å². The molecule has 0 aromatic carbocycles. The van der Waals surface area contributed by atoms with E-state index in [0.717, 1.165) is 38.5 Å². The number of carboxylic acid groups (broad SMARTS) is 1. The average Bonchev–Trinajstić information content (AvgIpc) is 2.85. The summed E-state index contributed by atoms with van der Waals surface area (Å²) in [6.07, 6.45) is 5.32. The lowest BCUT2D eigenvalue weighted by atomic mass is 9.74. The molecule has 1 amide bonds. The molecule has 1 atom stereocenters. The molecule has 5 nitrogen and oxygen atoms in total. The predicted molar refractivity (Wildman–Crippen MR) is 76.1 cm³/mol. The molecule has 114 valence electrons. The Balaban J connectivity index is 2.29. The van der Waals surface area contributed by atoms with Crippen LogP contribution in [0.15, 0.2) is 0 Å². The summed E-state index contributed by atoms with van der Waals surface area (Å²) >= 11 is 0. The third kappa shape index (κ3) is 2.43. The molecule has 2 rings (SSSR count). The number of nitrogens with two attached hydrogens (primary N) is 1. The van der Waals surface area contributed by atoms with Crippen LogP contribution in [0.5, 0.6) is 0 Å². The third-order valence-corrected chi connectivity index (χ3v) is 5.17. The standard InChI is InChI=1S/C15H26N2O3/c1-14(2)6-5-9-17(11(14)12(18)19)13(20)15(10-16)7-3-4-8-15/h11H,3-10,16H2,1-2H3,(H,18,19). The lowest BCUT2D eigenvalue weighted by Gasteiger charge is -2.46. The summed E-state index contributed by atoms with van der Waals surface area (Å²) < 4.78 is 0. The molecule has 1 aliphatic heterocycles. The zero-order chi connectivity index (χ0) is 15.0. The van der Waals surface area contributed by atoms with E-state index in [1.54, 1.807) is 4.90 Å². The Labute approximate surface area is 120 Å². The SMILES string of the molecule is CC1(C)CCCN(C(=O)C2(CN)CCCC2)C1C(=O)O. The van der Waals surface area contributed by atoms with E-state index in [4.69, 9.17) is 5.73 Å². The summed E-state index contributed by atoms with van der Waals surface area (Å²) in [4.78, 5) is 26.2. The number of aliphatic carboxylic acids is 1. The van der Waals surface area contributed by atoms with Gasteiger partial charge in [-0.15, -0.1) is 0 Å². The van der Waals surface area contributed by atoms with Gasteiger partial charge in [0.2, 0.25) is 5.91 Å². The van der Waals surface area contributed by atoms with Crippen LogP contribution in [0.1, 0.15) is 52.4 Å². The Morgan fingerprint density at radius 2 is 1.80 bits per heavy atom. The molecule has 1 heterocycles. The van der Waals surface area contributed by atoms with Gasteiger partial charge >= 0.3 is 5.97 Å². The lowest BCUT2D eigenvalue weighted by molar-refractivity contribution is -0.163. The van der Waals surface area contributed by atoms with Crippen molar-refractivity contribution >= 4 is 11.9 Å². The summed E-state index contributed by atoms with van der Waals surface area (Å²) in [5, 5.41) is 9.57. The smallest absolute Gasteiger partial charge is 0.326 e. The van der Waals surface area contributed by atoms with Crippen molar-refractivity contribution in [1.29, 1.82) is 0 Å². The van der Waals surface area contributed by atoms with Crippen molar-refractivity contribution < 1.29 is 14.7 Å². The van der Waals surface area contributed by atoms with Crippen LogP contribution in [-0.2, 0) is 9.59 Å². The molecule has 2 fully saturated rings. The minimum Gasteiger partial charge on any atom is -0.480 e. The molecule has 0 radical (unpaired) electrons. The van der Waals surface area contributed by atoms with E-state index in [0.29, 0.717) is 13.1 Å². The van der Waals surface area contributed by atoms with Gasteiger partial charge in [-0.2, -0.15) is 0 Å². The van der Waals surface area contributed by atoms with E-state index in [1.165, 1.54) is 0 Å². The molecule has 0 bridgehead atoms. The van der Waals surface area contributed by atoms with Crippen LogP contribution < -0.4 is 5.73 Å². The van der Waals surface area contributed by atoms with Crippen LogP contribution in [0.2, 0.25) is 0 Å². The maximum Gasteiger partial charge on any atom is 0.326 e. The monoisotopic (exact) mass is 282 g/mol. The zero-order valence-corrected chi connectivity index (χ0v) is 12.5. The largest absolute Gasteiger partial charge is 0.480 e. The fourth-order valence-corrected chi connectivity index (χ4v) is 3.94. The number of carbonyl (C=O) groups is 2. The highest BCUT2D eigenvalue weighted by Crippen LogP contribution is 2.43. The second-order valence-electron chi connectivity index (χ2n) is 7.02. The number of amides is 1. The average molecular weight is 282 g/mol. The van der Waals surface area contributed by atoms with Crippen molar-refractivity contribution in [1.82, 2.24) is 4.90 Å². The van der Waals surface area contributed by atoms with Gasteiger partial charge in [-0.25, -0.2) is 4.79 Å². The van der Waals surface area contributed by atoms with Crippen LogP contribution in [-0.4, -0.2) is 41.0 Å². The molecule has 2 aliphatic rings. The summed E-state index contributed by atoms with van der Waals surface area (Å²) in [6.45, 7) is 4.75. The molecule has 0 aromatic rings. The number of nitrogens with zero attached hydrogens (tertiary/aromatic N) is 1. The van der Waals surface area contributed by atoms with Crippen molar-refractivity contribution in [2.24, 2.45) is 16.6 Å². The van der Waals surface area contributed by atoms with Crippen molar-refractivity contribution in [3.8, 4) is 0 Å². The van der Waals surface area contributed by atoms with Crippen LogP contribution in [0.4, 0.5) is 0 Å². The fraction of sp³-hybridized carbons (Fsp3) is 0.867. The zero-order valence-electron chi connectivity index (χ0n) is 12.5. The molecule has 3 N–H and O–H groups in total. The van der Waals surface area contributed by atoms with Crippen LogP contribution >= 0.6 is 0 Å². The van der Waals surface area contributed by atoms with Crippen molar-refractivity contribution in [3.63, 3.8) is 0 Å². The quantitative estimate of drug-likeness (QED) is 0.823. The van der Waals surface area contributed by atoms with E-state index < -0.39 is 17.4 Å². The summed E-state index contributed by atoms with van der Waals surface area (Å²) in [7, 11) is 0. The first-order valence-electron chi connectivity index (χ1n) is 7.58. The number of rotatable bonds is 3. The molecule has 0 aromatic heterocycles. The molecule has 1 aliphatic carbocycles. The van der Waals surface area contributed by atoms with Gasteiger partial charge in [0.1, 0.15) is 6.04 Å². The summed E-state index contributed by atoms with van der Waals surface area (Å²) in [5.74, 6) is -0.925. The van der Waals surface area contributed by atoms with Gasteiger partial charge in [0.15, 0.2) is 0 Å². The Bertz CT molecular complexity index is 400. The van der Waals surface area contributed by atoms with E-state index in [-0.39, 0.29) is 11.3 Å². The second kappa shape index (κ2) is 5.35. The van der Waals surface area contributed by atoms with Crippen molar-refractivity contribution in [3.05, 3.63) is 0 Å². The third-order valence-electron chi connectivity index (χ3n) is 5.17. The topological polar surface area (TPSA) is 83.6 Å². The van der Waals surface area contributed by atoms with Gasteiger partial charge in [-0.1, -0.05) is 26.7 Å².